The molecule has 0 spiro atoms. The second-order valence-corrected chi connectivity index (χ2v) is 6.17. The summed E-state index contributed by atoms with van der Waals surface area (Å²) >= 11 is 0. The number of nitrogens with zero attached hydrogens (tertiary/aromatic N) is 2. The molecule has 3 aromatic rings. The molecule has 2 heterocycles. The Labute approximate surface area is 150 Å². The molecule has 1 aromatic heterocycles. The maximum atomic E-state index is 12.8. The van der Waals surface area contributed by atoms with Gasteiger partial charge < -0.3 is 15.2 Å². The third kappa shape index (κ3) is 2.50. The quantitative estimate of drug-likeness (QED) is 0.736. The fraction of sp³-hybridized carbons (Fsp3) is 0.200. The molecule has 0 bridgehead atoms. The van der Waals surface area contributed by atoms with Crippen molar-refractivity contribution >= 4 is 28.2 Å². The molecule has 1 aliphatic rings. The minimum atomic E-state index is -0.0571. The molecule has 0 aliphatic carbocycles. The van der Waals surface area contributed by atoms with E-state index in [0.29, 0.717) is 40.5 Å². The van der Waals surface area contributed by atoms with Gasteiger partial charge in [-0.1, -0.05) is 12.1 Å². The standard InChI is InChI=1S/C20H19N3O3/c1-25-17-5-3-4-12(18(17)26-2)10-13-8-9-23-19(13)22-16-7-6-14(21)11-15(16)20(23)24/h3-7,10-11H,8-9,21H2,1-2H3/b13-10-. The Bertz CT molecular complexity index is 1100. The molecule has 0 atom stereocenters. The summed E-state index contributed by atoms with van der Waals surface area (Å²) in [4.78, 5) is 17.5. The van der Waals surface area contributed by atoms with Crippen molar-refractivity contribution in [3.05, 3.63) is 58.1 Å². The highest BCUT2D eigenvalue weighted by molar-refractivity contribution is 5.87. The van der Waals surface area contributed by atoms with Gasteiger partial charge in [0.1, 0.15) is 5.82 Å². The van der Waals surface area contributed by atoms with E-state index >= 15 is 0 Å². The lowest BCUT2D eigenvalue weighted by atomic mass is 10.1. The highest BCUT2D eigenvalue weighted by Gasteiger charge is 2.21. The number of fused-ring (bicyclic) bond motifs is 2. The summed E-state index contributed by atoms with van der Waals surface area (Å²) in [5.41, 5.74) is 8.86. The number of hydrogen-bond acceptors (Lipinski definition) is 5. The van der Waals surface area contributed by atoms with Crippen molar-refractivity contribution in [2.45, 2.75) is 13.0 Å². The van der Waals surface area contributed by atoms with Crippen LogP contribution < -0.4 is 20.8 Å². The van der Waals surface area contributed by atoms with Gasteiger partial charge in [-0.25, -0.2) is 4.98 Å². The molecule has 0 radical (unpaired) electrons. The van der Waals surface area contributed by atoms with E-state index in [1.165, 1.54) is 0 Å². The summed E-state index contributed by atoms with van der Waals surface area (Å²) in [5, 5.41) is 0.550. The topological polar surface area (TPSA) is 79.4 Å². The SMILES string of the molecule is COc1cccc(/C=C2/CCn3c2nc2ccc(N)cc2c3=O)c1OC. The summed E-state index contributed by atoms with van der Waals surface area (Å²) < 4.78 is 12.6. The minimum absolute atomic E-state index is 0.0571. The van der Waals surface area contributed by atoms with E-state index in [4.69, 9.17) is 20.2 Å². The average Bonchev–Trinajstić information content (AvgIpc) is 3.05. The van der Waals surface area contributed by atoms with Gasteiger partial charge in [-0.3, -0.25) is 9.36 Å². The fourth-order valence-corrected chi connectivity index (χ4v) is 3.39. The van der Waals surface area contributed by atoms with Gasteiger partial charge in [-0.2, -0.15) is 0 Å². The maximum Gasteiger partial charge on any atom is 0.261 e. The first kappa shape index (κ1) is 16.2. The predicted octanol–water partition coefficient (Wildman–Crippen LogP) is 2.94. The number of anilines is 1. The van der Waals surface area contributed by atoms with Crippen LogP contribution in [0.5, 0.6) is 11.5 Å². The van der Waals surface area contributed by atoms with Crippen LogP contribution in [0, 0.1) is 0 Å². The third-order valence-electron chi connectivity index (χ3n) is 4.63. The molecule has 0 amide bonds. The van der Waals surface area contributed by atoms with Crippen LogP contribution >= 0.6 is 0 Å². The average molecular weight is 349 g/mol. The number of aromatic nitrogens is 2. The maximum absolute atomic E-state index is 12.8. The van der Waals surface area contributed by atoms with Gasteiger partial charge in [0.05, 0.1) is 25.1 Å². The summed E-state index contributed by atoms with van der Waals surface area (Å²) in [6, 6.07) is 10.9. The van der Waals surface area contributed by atoms with Gasteiger partial charge in [0.2, 0.25) is 0 Å². The van der Waals surface area contributed by atoms with Crippen molar-refractivity contribution in [3.8, 4) is 11.5 Å². The van der Waals surface area contributed by atoms with Gasteiger partial charge >= 0.3 is 0 Å². The van der Waals surface area contributed by atoms with Gasteiger partial charge in [0.15, 0.2) is 11.5 Å². The number of methoxy groups -OCH3 is 2. The van der Waals surface area contributed by atoms with Crippen LogP contribution in [-0.4, -0.2) is 23.8 Å². The molecule has 6 nitrogen and oxygen atoms in total. The van der Waals surface area contributed by atoms with Gasteiger partial charge in [-0.05, 0) is 42.3 Å². The van der Waals surface area contributed by atoms with E-state index in [0.717, 1.165) is 17.6 Å². The first-order chi connectivity index (χ1) is 12.6. The molecule has 0 unspecified atom stereocenters. The molecule has 0 saturated heterocycles. The number of benzene rings is 2. The minimum Gasteiger partial charge on any atom is -0.493 e. The number of hydrogen-bond donors (Lipinski definition) is 1. The molecule has 2 N–H and O–H groups in total. The molecule has 4 rings (SSSR count). The zero-order valence-corrected chi connectivity index (χ0v) is 14.7. The van der Waals surface area contributed by atoms with Gasteiger partial charge in [-0.15, -0.1) is 0 Å². The third-order valence-corrected chi connectivity index (χ3v) is 4.63. The zero-order chi connectivity index (χ0) is 18.3. The van der Waals surface area contributed by atoms with Crippen LogP contribution in [0.1, 0.15) is 17.8 Å². The number of para-hydroxylation sites is 1. The second-order valence-electron chi connectivity index (χ2n) is 6.17. The van der Waals surface area contributed by atoms with E-state index in [-0.39, 0.29) is 5.56 Å². The van der Waals surface area contributed by atoms with Crippen LogP contribution in [0.2, 0.25) is 0 Å². The first-order valence-electron chi connectivity index (χ1n) is 8.34. The van der Waals surface area contributed by atoms with Crippen molar-refractivity contribution in [2.24, 2.45) is 0 Å². The first-order valence-corrected chi connectivity index (χ1v) is 8.34. The van der Waals surface area contributed by atoms with Gasteiger partial charge in [0.25, 0.3) is 5.56 Å². The normalized spacial score (nSPS) is 14.6. The highest BCUT2D eigenvalue weighted by atomic mass is 16.5. The van der Waals surface area contributed by atoms with Crippen LogP contribution in [0.4, 0.5) is 5.69 Å². The number of ether oxygens (including phenoxy) is 2. The summed E-state index contributed by atoms with van der Waals surface area (Å²) in [5.74, 6) is 2.02. The molecule has 6 heteroatoms. The van der Waals surface area contributed by atoms with Crippen molar-refractivity contribution < 1.29 is 9.47 Å². The number of rotatable bonds is 3. The molecular formula is C20H19N3O3. The van der Waals surface area contributed by atoms with Gasteiger partial charge in [0, 0.05) is 17.8 Å². The summed E-state index contributed by atoms with van der Waals surface area (Å²) in [7, 11) is 3.22. The van der Waals surface area contributed by atoms with Crippen molar-refractivity contribution in [1.82, 2.24) is 9.55 Å². The summed E-state index contributed by atoms with van der Waals surface area (Å²) in [6.45, 7) is 0.601. The number of nitrogens with two attached hydrogens (primary N) is 1. The molecule has 2 aromatic carbocycles. The van der Waals surface area contributed by atoms with Crippen LogP contribution in [0.15, 0.2) is 41.2 Å². The van der Waals surface area contributed by atoms with Crippen molar-refractivity contribution in [3.63, 3.8) is 0 Å². The highest BCUT2D eigenvalue weighted by Crippen LogP contribution is 2.35. The molecular weight excluding hydrogens is 330 g/mol. The van der Waals surface area contributed by atoms with Crippen LogP contribution in [0.3, 0.4) is 0 Å². The van der Waals surface area contributed by atoms with E-state index in [1.54, 1.807) is 37.0 Å². The Morgan fingerprint density at radius 2 is 2.04 bits per heavy atom. The lowest BCUT2D eigenvalue weighted by Crippen LogP contribution is -2.20. The van der Waals surface area contributed by atoms with E-state index in [1.807, 2.05) is 24.3 Å². The number of allylic oxidation sites excluding steroid dienone is 1. The van der Waals surface area contributed by atoms with E-state index in [9.17, 15) is 4.79 Å². The monoisotopic (exact) mass is 349 g/mol. The van der Waals surface area contributed by atoms with Crippen LogP contribution in [-0.2, 0) is 6.54 Å². The smallest absolute Gasteiger partial charge is 0.261 e. The molecule has 0 saturated carbocycles. The predicted molar refractivity (Wildman–Crippen MR) is 102 cm³/mol. The van der Waals surface area contributed by atoms with Crippen LogP contribution in [0.25, 0.3) is 22.6 Å². The lowest BCUT2D eigenvalue weighted by Gasteiger charge is -2.11. The zero-order valence-electron chi connectivity index (χ0n) is 14.7. The Kier molecular flexibility index (Phi) is 3.88. The van der Waals surface area contributed by atoms with Crippen molar-refractivity contribution in [1.29, 1.82) is 0 Å². The molecule has 1 aliphatic heterocycles. The number of nitrogen functional groups attached to an aromatic ring is 1. The molecule has 0 fully saturated rings. The van der Waals surface area contributed by atoms with E-state index < -0.39 is 0 Å². The Balaban J connectivity index is 1.89. The van der Waals surface area contributed by atoms with E-state index in [2.05, 4.69) is 0 Å². The second kappa shape index (κ2) is 6.22. The Morgan fingerprint density at radius 3 is 2.81 bits per heavy atom. The van der Waals surface area contributed by atoms with Crippen molar-refractivity contribution in [2.75, 3.05) is 20.0 Å². The molecule has 26 heavy (non-hydrogen) atoms. The summed E-state index contributed by atoms with van der Waals surface area (Å²) in [6.07, 6.45) is 2.74. The largest absolute Gasteiger partial charge is 0.493 e. The molecule has 132 valence electrons. The Morgan fingerprint density at radius 1 is 1.19 bits per heavy atom. The fourth-order valence-electron chi connectivity index (χ4n) is 3.39. The lowest BCUT2D eigenvalue weighted by molar-refractivity contribution is 0.354. The Hall–Kier alpha value is -3.28.